The van der Waals surface area contributed by atoms with E-state index in [1.54, 1.807) is 0 Å². The van der Waals surface area contributed by atoms with Crippen LogP contribution in [0.2, 0.25) is 0 Å². The van der Waals surface area contributed by atoms with Gasteiger partial charge in [0.15, 0.2) is 11.6 Å². The van der Waals surface area contributed by atoms with Crippen molar-refractivity contribution in [2.75, 3.05) is 16.4 Å². The number of alkyl halides is 3. The van der Waals surface area contributed by atoms with Crippen molar-refractivity contribution in [2.45, 2.75) is 13.3 Å². The molecule has 0 radical (unpaired) electrons. The summed E-state index contributed by atoms with van der Waals surface area (Å²) in [4.78, 5) is 8.19. The van der Waals surface area contributed by atoms with Crippen LogP contribution < -0.4 is 21.1 Å². The number of anilines is 5. The molecule has 1 aromatic heterocycles. The van der Waals surface area contributed by atoms with Crippen molar-refractivity contribution in [3.05, 3.63) is 60.4 Å². The number of benzene rings is 2. The average Bonchev–Trinajstić information content (AvgIpc) is 2.61. The molecule has 0 amide bonds. The lowest BCUT2D eigenvalue weighted by molar-refractivity contribution is -0.274. The van der Waals surface area contributed by atoms with Gasteiger partial charge < -0.3 is 21.1 Å². The number of nitrogens with one attached hydrogen (secondary N) is 2. The van der Waals surface area contributed by atoms with E-state index in [0.29, 0.717) is 17.3 Å². The van der Waals surface area contributed by atoms with Crippen molar-refractivity contribution in [3.8, 4) is 5.75 Å². The van der Waals surface area contributed by atoms with E-state index in [9.17, 15) is 13.2 Å². The van der Waals surface area contributed by atoms with E-state index >= 15 is 0 Å². The number of aryl methyl sites for hydroxylation is 1. The zero-order valence-electron chi connectivity index (χ0n) is 14.2. The summed E-state index contributed by atoms with van der Waals surface area (Å²) in [5.41, 5.74) is 8.80. The van der Waals surface area contributed by atoms with Crippen molar-refractivity contribution in [2.24, 2.45) is 0 Å². The molecular weight excluding hydrogens is 359 g/mol. The molecule has 0 saturated carbocycles. The third-order valence-electron chi connectivity index (χ3n) is 3.55. The maximum absolute atomic E-state index is 12.2. The van der Waals surface area contributed by atoms with Crippen molar-refractivity contribution in [1.29, 1.82) is 0 Å². The molecule has 3 rings (SSSR count). The molecule has 1 heterocycles. The molecule has 0 saturated heterocycles. The lowest BCUT2D eigenvalue weighted by atomic mass is 10.2. The number of halogens is 3. The molecule has 0 spiro atoms. The second kappa shape index (κ2) is 7.40. The number of hydrogen-bond donors (Lipinski definition) is 3. The van der Waals surface area contributed by atoms with Gasteiger partial charge >= 0.3 is 6.36 Å². The highest BCUT2D eigenvalue weighted by molar-refractivity contribution is 5.80. The van der Waals surface area contributed by atoms with Crippen molar-refractivity contribution in [3.63, 3.8) is 0 Å². The third kappa shape index (κ3) is 5.00. The van der Waals surface area contributed by atoms with Gasteiger partial charge in [0, 0.05) is 11.4 Å². The van der Waals surface area contributed by atoms with E-state index < -0.39 is 6.36 Å². The molecule has 0 aliphatic rings. The van der Waals surface area contributed by atoms with Gasteiger partial charge in [-0.3, -0.25) is 0 Å². The highest BCUT2D eigenvalue weighted by atomic mass is 19.4. The lowest BCUT2D eigenvalue weighted by Gasteiger charge is -2.13. The Morgan fingerprint density at radius 1 is 0.852 bits per heavy atom. The molecule has 140 valence electrons. The minimum atomic E-state index is -4.73. The molecule has 0 unspecified atom stereocenters. The predicted octanol–water partition coefficient (Wildman–Crippen LogP) is 4.75. The summed E-state index contributed by atoms with van der Waals surface area (Å²) in [7, 11) is 0. The van der Waals surface area contributed by atoms with Gasteiger partial charge in [-0.1, -0.05) is 17.7 Å². The molecule has 3 aromatic rings. The van der Waals surface area contributed by atoms with Crippen molar-refractivity contribution in [1.82, 2.24) is 9.97 Å². The van der Waals surface area contributed by atoms with Crippen LogP contribution in [0.5, 0.6) is 5.75 Å². The van der Waals surface area contributed by atoms with Gasteiger partial charge in [0.2, 0.25) is 0 Å². The molecular formula is C18H16F3N5O. The number of hydrogen-bond acceptors (Lipinski definition) is 6. The maximum Gasteiger partial charge on any atom is 0.573 e. The number of nitrogen functional groups attached to an aromatic ring is 1. The fraction of sp³-hybridized carbons (Fsp3) is 0.111. The largest absolute Gasteiger partial charge is 0.573 e. The van der Waals surface area contributed by atoms with Crippen LogP contribution in [0.4, 0.5) is 41.9 Å². The zero-order chi connectivity index (χ0) is 19.4. The monoisotopic (exact) mass is 375 g/mol. The summed E-state index contributed by atoms with van der Waals surface area (Å²) < 4.78 is 40.5. The molecule has 0 aliphatic heterocycles. The Bertz CT molecular complexity index is 912. The fourth-order valence-corrected chi connectivity index (χ4v) is 2.25. The maximum atomic E-state index is 12.2. The van der Waals surface area contributed by atoms with Crippen LogP contribution in [0, 0.1) is 6.92 Å². The Kier molecular flexibility index (Phi) is 5.02. The highest BCUT2D eigenvalue weighted by Gasteiger charge is 2.30. The van der Waals surface area contributed by atoms with Gasteiger partial charge in [0.25, 0.3) is 0 Å². The lowest BCUT2D eigenvalue weighted by Crippen LogP contribution is -2.17. The van der Waals surface area contributed by atoms with Gasteiger partial charge in [0.05, 0.1) is 0 Å². The quantitative estimate of drug-likeness (QED) is 0.597. The van der Waals surface area contributed by atoms with Gasteiger partial charge in [-0.05, 0) is 43.3 Å². The van der Waals surface area contributed by atoms with Crippen LogP contribution >= 0.6 is 0 Å². The van der Waals surface area contributed by atoms with Gasteiger partial charge in [-0.2, -0.15) is 0 Å². The predicted molar refractivity (Wildman–Crippen MR) is 97.3 cm³/mol. The first-order chi connectivity index (χ1) is 12.8. The Balaban J connectivity index is 1.74. The molecule has 6 nitrogen and oxygen atoms in total. The number of nitrogens with two attached hydrogens (primary N) is 1. The number of aromatic nitrogens is 2. The molecule has 0 atom stereocenters. The van der Waals surface area contributed by atoms with E-state index in [2.05, 4.69) is 25.3 Å². The molecule has 0 aliphatic carbocycles. The van der Waals surface area contributed by atoms with E-state index in [0.717, 1.165) is 11.3 Å². The molecule has 9 heteroatoms. The Hall–Kier alpha value is -3.49. The minimum absolute atomic E-state index is 0.272. The van der Waals surface area contributed by atoms with E-state index in [4.69, 9.17) is 5.73 Å². The summed E-state index contributed by atoms with van der Waals surface area (Å²) in [5.74, 6) is 0.419. The fourth-order valence-electron chi connectivity index (χ4n) is 2.25. The second-order valence-corrected chi connectivity index (χ2v) is 5.67. The first kappa shape index (κ1) is 18.3. The Labute approximate surface area is 153 Å². The average molecular weight is 375 g/mol. The SMILES string of the molecule is Cc1ccc(Nc2ncnc(Nc3ccc(OC(F)(F)F)cc3)c2N)cc1. The van der Waals surface area contributed by atoms with Gasteiger partial charge in [-0.15, -0.1) is 13.2 Å². The van der Waals surface area contributed by atoms with Gasteiger partial charge in [-0.25, -0.2) is 9.97 Å². The molecule has 0 fully saturated rings. The van der Waals surface area contributed by atoms with Crippen molar-refractivity contribution >= 4 is 28.7 Å². The van der Waals surface area contributed by atoms with Crippen LogP contribution in [-0.2, 0) is 0 Å². The van der Waals surface area contributed by atoms with Crippen LogP contribution in [0.15, 0.2) is 54.9 Å². The number of rotatable bonds is 5. The summed E-state index contributed by atoms with van der Waals surface area (Å²) in [6.07, 6.45) is -3.40. The summed E-state index contributed by atoms with van der Waals surface area (Å²) in [6, 6.07) is 12.9. The first-order valence-electron chi connectivity index (χ1n) is 7.87. The van der Waals surface area contributed by atoms with Gasteiger partial charge in [0.1, 0.15) is 17.8 Å². The van der Waals surface area contributed by atoms with E-state index in [1.807, 2.05) is 31.2 Å². The molecule has 2 aromatic carbocycles. The minimum Gasteiger partial charge on any atom is -0.406 e. The Morgan fingerprint density at radius 3 is 1.81 bits per heavy atom. The van der Waals surface area contributed by atoms with E-state index in [1.165, 1.54) is 30.6 Å². The van der Waals surface area contributed by atoms with Crippen LogP contribution in [-0.4, -0.2) is 16.3 Å². The summed E-state index contributed by atoms with van der Waals surface area (Å²) in [5, 5.41) is 6.04. The second-order valence-electron chi connectivity index (χ2n) is 5.67. The third-order valence-corrected chi connectivity index (χ3v) is 3.55. The topological polar surface area (TPSA) is 85.1 Å². The molecule has 0 bridgehead atoms. The first-order valence-corrected chi connectivity index (χ1v) is 7.87. The van der Waals surface area contributed by atoms with Crippen LogP contribution in [0.3, 0.4) is 0 Å². The number of ether oxygens (including phenoxy) is 1. The highest BCUT2D eigenvalue weighted by Crippen LogP contribution is 2.29. The standard InChI is InChI=1S/C18H16F3N5O/c1-11-2-4-12(5-3-11)25-16-15(22)17(24-10-23-16)26-13-6-8-14(9-7-13)27-18(19,20)21/h2-10H,22H2,1H3,(H2,23,24,25,26). The van der Waals surface area contributed by atoms with Crippen molar-refractivity contribution < 1.29 is 17.9 Å². The Morgan fingerprint density at radius 2 is 1.33 bits per heavy atom. The van der Waals surface area contributed by atoms with Crippen LogP contribution in [0.25, 0.3) is 0 Å². The van der Waals surface area contributed by atoms with Crippen LogP contribution in [0.1, 0.15) is 5.56 Å². The smallest absolute Gasteiger partial charge is 0.406 e. The molecule has 27 heavy (non-hydrogen) atoms. The zero-order valence-corrected chi connectivity index (χ0v) is 14.2. The normalized spacial score (nSPS) is 11.1. The van der Waals surface area contributed by atoms with E-state index in [-0.39, 0.29) is 11.4 Å². The number of nitrogens with zero attached hydrogens (tertiary/aromatic N) is 2. The molecule has 4 N–H and O–H groups in total. The summed E-state index contributed by atoms with van der Waals surface area (Å²) >= 11 is 0. The summed E-state index contributed by atoms with van der Waals surface area (Å²) in [6.45, 7) is 1.98.